The number of aliphatic carboxylic acids is 1. The highest BCUT2D eigenvalue weighted by atomic mass is 16.4. The molecule has 1 N–H and O–H groups in total. The zero-order chi connectivity index (χ0) is 11.3. The molecule has 0 aromatic heterocycles. The molecule has 1 unspecified atom stereocenters. The van der Waals surface area contributed by atoms with Crippen LogP contribution in [0.3, 0.4) is 0 Å². The van der Waals surface area contributed by atoms with Gasteiger partial charge in [0.1, 0.15) is 5.84 Å². The molecule has 0 radical (unpaired) electrons. The Balaban J connectivity index is 0.000000791. The molecule has 0 aliphatic carbocycles. The van der Waals surface area contributed by atoms with Gasteiger partial charge < -0.3 is 10.0 Å². The van der Waals surface area contributed by atoms with Crippen LogP contribution in [0.1, 0.15) is 27.2 Å². The third-order valence-electron chi connectivity index (χ3n) is 1.86. The number of carbonyl (C=O) groups excluding carboxylic acids is 1. The Hall–Kier alpha value is -1.39. The highest BCUT2D eigenvalue weighted by Gasteiger charge is 2.28. The molecule has 1 heterocycles. The van der Waals surface area contributed by atoms with Crippen molar-refractivity contribution in [2.75, 3.05) is 7.05 Å². The maximum absolute atomic E-state index is 11.1. The normalized spacial score (nSPS) is 20.9. The topological polar surface area (TPSA) is 70.0 Å². The number of amidine groups is 1. The lowest BCUT2D eigenvalue weighted by molar-refractivity contribution is -0.141. The van der Waals surface area contributed by atoms with Crippen molar-refractivity contribution in [2.45, 2.75) is 33.2 Å². The van der Waals surface area contributed by atoms with E-state index in [1.165, 1.54) is 4.90 Å². The number of carboxylic acids is 1. The summed E-state index contributed by atoms with van der Waals surface area (Å²) in [5.74, 6) is -0.788. The van der Waals surface area contributed by atoms with E-state index in [0.29, 0.717) is 5.84 Å². The minimum atomic E-state index is -1.05. The monoisotopic (exact) mass is 200 g/mol. The van der Waals surface area contributed by atoms with E-state index in [4.69, 9.17) is 5.11 Å². The zero-order valence-corrected chi connectivity index (χ0v) is 8.94. The van der Waals surface area contributed by atoms with E-state index >= 15 is 0 Å². The lowest BCUT2D eigenvalue weighted by Crippen LogP contribution is -2.41. The van der Waals surface area contributed by atoms with Crippen LogP contribution in [0.2, 0.25) is 0 Å². The van der Waals surface area contributed by atoms with Crippen LogP contribution >= 0.6 is 0 Å². The molecule has 5 nitrogen and oxygen atoms in total. The molecule has 0 saturated carbocycles. The first-order chi connectivity index (χ1) is 6.52. The Labute approximate surface area is 83.4 Å². The fraction of sp³-hybridized carbons (Fsp3) is 0.667. The molecule has 0 fully saturated rings. The lowest BCUT2D eigenvalue weighted by atomic mass is 10.1. The van der Waals surface area contributed by atoms with Crippen LogP contribution in [0, 0.1) is 0 Å². The fourth-order valence-electron chi connectivity index (χ4n) is 0.983. The first-order valence-electron chi connectivity index (χ1n) is 4.56. The first kappa shape index (κ1) is 12.6. The van der Waals surface area contributed by atoms with Crippen molar-refractivity contribution in [1.29, 1.82) is 0 Å². The van der Waals surface area contributed by atoms with E-state index in [2.05, 4.69) is 4.99 Å². The largest absolute Gasteiger partial charge is 0.480 e. The van der Waals surface area contributed by atoms with Crippen molar-refractivity contribution in [1.82, 2.24) is 4.90 Å². The third kappa shape index (κ3) is 2.83. The molecule has 1 rings (SSSR count). The van der Waals surface area contributed by atoms with Crippen LogP contribution in [0.25, 0.3) is 0 Å². The Bertz CT molecular complexity index is 261. The highest BCUT2D eigenvalue weighted by molar-refractivity contribution is 6.01. The SMILES string of the molecule is CC.CC1=NC(C(=O)O)CC(=O)N1C. The van der Waals surface area contributed by atoms with Crippen LogP contribution in [0.4, 0.5) is 0 Å². The van der Waals surface area contributed by atoms with Gasteiger partial charge in [0.25, 0.3) is 0 Å². The quantitative estimate of drug-likeness (QED) is 0.678. The smallest absolute Gasteiger partial charge is 0.329 e. The first-order valence-corrected chi connectivity index (χ1v) is 4.56. The number of hydrogen-bond acceptors (Lipinski definition) is 3. The summed E-state index contributed by atoms with van der Waals surface area (Å²) in [6.45, 7) is 5.62. The Morgan fingerprint density at radius 3 is 2.43 bits per heavy atom. The Morgan fingerprint density at radius 2 is 2.07 bits per heavy atom. The minimum Gasteiger partial charge on any atom is -0.480 e. The number of hydrogen-bond donors (Lipinski definition) is 1. The minimum absolute atomic E-state index is 0.0385. The molecule has 1 atom stereocenters. The summed E-state index contributed by atoms with van der Waals surface area (Å²) in [6, 6.07) is -0.895. The van der Waals surface area contributed by atoms with Crippen molar-refractivity contribution in [3.05, 3.63) is 0 Å². The summed E-state index contributed by atoms with van der Waals surface area (Å²) < 4.78 is 0. The summed E-state index contributed by atoms with van der Waals surface area (Å²) in [7, 11) is 1.58. The van der Waals surface area contributed by atoms with Crippen LogP contribution in [-0.4, -0.2) is 40.8 Å². The Morgan fingerprint density at radius 1 is 1.57 bits per heavy atom. The molecule has 1 amide bonds. The van der Waals surface area contributed by atoms with Crippen molar-refractivity contribution in [3.63, 3.8) is 0 Å². The molecule has 5 heteroatoms. The van der Waals surface area contributed by atoms with Gasteiger partial charge in [-0.3, -0.25) is 9.79 Å². The molecule has 1 aliphatic heterocycles. The van der Waals surface area contributed by atoms with E-state index in [9.17, 15) is 9.59 Å². The molecule has 80 valence electrons. The van der Waals surface area contributed by atoms with Crippen LogP contribution < -0.4 is 0 Å². The molecular weight excluding hydrogens is 184 g/mol. The van der Waals surface area contributed by atoms with E-state index in [1.807, 2.05) is 13.8 Å². The van der Waals surface area contributed by atoms with Gasteiger partial charge in [-0.1, -0.05) is 13.8 Å². The van der Waals surface area contributed by atoms with Gasteiger partial charge in [0, 0.05) is 7.05 Å². The second-order valence-corrected chi connectivity index (χ2v) is 2.69. The summed E-state index contributed by atoms with van der Waals surface area (Å²) >= 11 is 0. The molecule has 14 heavy (non-hydrogen) atoms. The molecular formula is C9H16N2O3. The number of nitrogens with zero attached hydrogens (tertiary/aromatic N) is 2. The number of rotatable bonds is 1. The predicted molar refractivity (Wildman–Crippen MR) is 53.3 cm³/mol. The van der Waals surface area contributed by atoms with Crippen LogP contribution in [0.15, 0.2) is 4.99 Å². The van der Waals surface area contributed by atoms with E-state index < -0.39 is 12.0 Å². The average Bonchev–Trinajstić information content (AvgIpc) is 2.16. The molecule has 0 aromatic carbocycles. The maximum Gasteiger partial charge on any atom is 0.329 e. The van der Waals surface area contributed by atoms with Gasteiger partial charge in [0.15, 0.2) is 6.04 Å². The summed E-state index contributed by atoms with van der Waals surface area (Å²) in [5.41, 5.74) is 0. The maximum atomic E-state index is 11.1. The molecule has 0 aromatic rings. The van der Waals surface area contributed by atoms with Crippen LogP contribution in [-0.2, 0) is 9.59 Å². The van der Waals surface area contributed by atoms with Crippen molar-refractivity contribution < 1.29 is 14.7 Å². The van der Waals surface area contributed by atoms with Gasteiger partial charge in [0.2, 0.25) is 5.91 Å². The van der Waals surface area contributed by atoms with Gasteiger partial charge in [-0.25, -0.2) is 4.79 Å². The Kier molecular flexibility index (Phi) is 4.83. The third-order valence-corrected chi connectivity index (χ3v) is 1.86. The number of carboxylic acid groups (broad SMARTS) is 1. The highest BCUT2D eigenvalue weighted by Crippen LogP contribution is 2.09. The van der Waals surface area contributed by atoms with Gasteiger partial charge in [-0.05, 0) is 6.92 Å². The van der Waals surface area contributed by atoms with Crippen molar-refractivity contribution in [3.8, 4) is 0 Å². The van der Waals surface area contributed by atoms with E-state index in [0.717, 1.165) is 0 Å². The van der Waals surface area contributed by atoms with Gasteiger partial charge in [-0.2, -0.15) is 0 Å². The van der Waals surface area contributed by atoms with Crippen molar-refractivity contribution in [2.24, 2.45) is 4.99 Å². The number of carbonyl (C=O) groups is 2. The summed E-state index contributed by atoms with van der Waals surface area (Å²) in [6.07, 6.45) is -0.0385. The van der Waals surface area contributed by atoms with Gasteiger partial charge in [-0.15, -0.1) is 0 Å². The van der Waals surface area contributed by atoms with Crippen LogP contribution in [0.5, 0.6) is 0 Å². The van der Waals surface area contributed by atoms with Crippen molar-refractivity contribution >= 4 is 17.7 Å². The molecule has 0 bridgehead atoms. The molecule has 0 spiro atoms. The predicted octanol–water partition coefficient (Wildman–Crippen LogP) is 0.746. The van der Waals surface area contributed by atoms with Gasteiger partial charge in [0.05, 0.1) is 6.42 Å². The summed E-state index contributed by atoms with van der Waals surface area (Å²) in [5, 5.41) is 8.58. The molecule has 0 saturated heterocycles. The van der Waals surface area contributed by atoms with E-state index in [-0.39, 0.29) is 12.3 Å². The molecule has 1 aliphatic rings. The lowest BCUT2D eigenvalue weighted by Gasteiger charge is -2.23. The van der Waals surface area contributed by atoms with E-state index in [1.54, 1.807) is 14.0 Å². The average molecular weight is 200 g/mol. The zero-order valence-electron chi connectivity index (χ0n) is 8.94. The fourth-order valence-corrected chi connectivity index (χ4v) is 0.983. The standard InChI is InChI=1S/C7H10N2O3.C2H6/c1-4-8-5(7(11)12)3-6(10)9(4)2;1-2/h5H,3H2,1-2H3,(H,11,12);1-2H3. The second kappa shape index (κ2) is 5.36. The second-order valence-electron chi connectivity index (χ2n) is 2.69. The van der Waals surface area contributed by atoms with Gasteiger partial charge >= 0.3 is 5.97 Å². The summed E-state index contributed by atoms with van der Waals surface area (Å²) in [4.78, 5) is 26.8. The number of aliphatic imine (C=N–C) groups is 1. The number of amides is 1.